The predicted molar refractivity (Wildman–Crippen MR) is 84.8 cm³/mol. The molecule has 1 aliphatic heterocycles. The molecule has 1 saturated heterocycles. The summed E-state index contributed by atoms with van der Waals surface area (Å²) in [6, 6.07) is 5.08. The van der Waals surface area contributed by atoms with Crippen molar-refractivity contribution in [3.8, 4) is 11.5 Å². The quantitative estimate of drug-likeness (QED) is 0.777. The maximum absolute atomic E-state index is 12.7. The van der Waals surface area contributed by atoms with Crippen LogP contribution in [0.5, 0.6) is 11.5 Å². The van der Waals surface area contributed by atoms with Gasteiger partial charge in [0.2, 0.25) is 0 Å². The van der Waals surface area contributed by atoms with Gasteiger partial charge in [-0.2, -0.15) is 0 Å². The maximum Gasteiger partial charge on any atom is 0.310 e. The van der Waals surface area contributed by atoms with Gasteiger partial charge in [-0.1, -0.05) is 0 Å². The van der Waals surface area contributed by atoms with E-state index in [-0.39, 0.29) is 17.8 Å². The number of rotatable bonds is 5. The van der Waals surface area contributed by atoms with E-state index in [2.05, 4.69) is 0 Å². The van der Waals surface area contributed by atoms with Crippen molar-refractivity contribution in [3.05, 3.63) is 23.8 Å². The number of hydrogen-bond donors (Lipinski definition) is 0. The Morgan fingerprint density at radius 2 is 1.83 bits per heavy atom. The Labute approximate surface area is 136 Å². The first-order valence-electron chi connectivity index (χ1n) is 7.78. The molecule has 0 N–H and O–H groups in total. The number of methoxy groups -OCH3 is 2. The smallest absolute Gasteiger partial charge is 0.310 e. The summed E-state index contributed by atoms with van der Waals surface area (Å²) in [5, 5.41) is 0. The summed E-state index contributed by atoms with van der Waals surface area (Å²) < 4.78 is 15.5. The molecule has 0 saturated carbocycles. The number of nitrogens with zero attached hydrogens (tertiary/aromatic N) is 1. The number of hydrogen-bond acceptors (Lipinski definition) is 5. The molecule has 6 heteroatoms. The second-order valence-electron chi connectivity index (χ2n) is 5.44. The zero-order valence-corrected chi connectivity index (χ0v) is 13.8. The topological polar surface area (TPSA) is 65.1 Å². The second-order valence-corrected chi connectivity index (χ2v) is 5.44. The molecule has 0 spiro atoms. The van der Waals surface area contributed by atoms with E-state index in [9.17, 15) is 9.59 Å². The molecule has 1 heterocycles. The average molecular weight is 321 g/mol. The molecule has 6 nitrogen and oxygen atoms in total. The summed E-state index contributed by atoms with van der Waals surface area (Å²) in [6.45, 7) is 3.16. The monoisotopic (exact) mass is 321 g/mol. The molecular weight excluding hydrogens is 298 g/mol. The molecule has 0 bridgehead atoms. The largest absolute Gasteiger partial charge is 0.497 e. The standard InChI is InChI=1S/C17H23NO5/c1-4-23-17(20)12-6-5-7-18(11-12)16(19)13-8-14(21-2)10-15(9-13)22-3/h8-10,12H,4-7,11H2,1-3H3. The molecule has 1 aromatic carbocycles. The van der Waals surface area contributed by atoms with Gasteiger partial charge in [0.05, 0.1) is 26.7 Å². The van der Waals surface area contributed by atoms with Gasteiger partial charge in [-0.3, -0.25) is 9.59 Å². The molecule has 2 rings (SSSR count). The highest BCUT2D eigenvalue weighted by molar-refractivity contribution is 5.95. The molecule has 1 atom stereocenters. The highest BCUT2D eigenvalue weighted by Gasteiger charge is 2.30. The van der Waals surface area contributed by atoms with E-state index >= 15 is 0 Å². The van der Waals surface area contributed by atoms with Crippen LogP contribution in [0.4, 0.5) is 0 Å². The van der Waals surface area contributed by atoms with E-state index in [1.165, 1.54) is 0 Å². The lowest BCUT2D eigenvalue weighted by atomic mass is 9.97. The van der Waals surface area contributed by atoms with E-state index in [4.69, 9.17) is 14.2 Å². The molecule has 1 fully saturated rings. The van der Waals surface area contributed by atoms with Crippen LogP contribution in [0, 0.1) is 5.92 Å². The Hall–Kier alpha value is -2.24. The summed E-state index contributed by atoms with van der Waals surface area (Å²) in [7, 11) is 3.08. The minimum Gasteiger partial charge on any atom is -0.497 e. The maximum atomic E-state index is 12.7. The first-order valence-corrected chi connectivity index (χ1v) is 7.78. The summed E-state index contributed by atoms with van der Waals surface area (Å²) in [5.41, 5.74) is 0.491. The van der Waals surface area contributed by atoms with Crippen LogP contribution in [-0.2, 0) is 9.53 Å². The molecule has 23 heavy (non-hydrogen) atoms. The molecule has 126 valence electrons. The van der Waals surface area contributed by atoms with Crippen LogP contribution in [0.25, 0.3) is 0 Å². The Balaban J connectivity index is 2.14. The van der Waals surface area contributed by atoms with E-state index in [0.717, 1.165) is 12.8 Å². The predicted octanol–water partition coefficient (Wildman–Crippen LogP) is 2.12. The van der Waals surface area contributed by atoms with E-state index in [1.54, 1.807) is 44.2 Å². The van der Waals surface area contributed by atoms with Gasteiger partial charge >= 0.3 is 5.97 Å². The fraction of sp³-hybridized carbons (Fsp3) is 0.529. The number of piperidine rings is 1. The fourth-order valence-corrected chi connectivity index (χ4v) is 2.73. The van der Waals surface area contributed by atoms with Crippen molar-refractivity contribution in [1.29, 1.82) is 0 Å². The van der Waals surface area contributed by atoms with Gasteiger partial charge in [-0.15, -0.1) is 0 Å². The number of ether oxygens (including phenoxy) is 3. The van der Waals surface area contributed by atoms with Crippen molar-refractivity contribution in [2.24, 2.45) is 5.92 Å². The lowest BCUT2D eigenvalue weighted by molar-refractivity contribution is -0.149. The summed E-state index contributed by atoms with van der Waals surface area (Å²) in [4.78, 5) is 26.3. The lowest BCUT2D eigenvalue weighted by Gasteiger charge is -2.31. The van der Waals surface area contributed by atoms with Crippen molar-refractivity contribution in [2.75, 3.05) is 33.9 Å². The Morgan fingerprint density at radius 1 is 1.17 bits per heavy atom. The van der Waals surface area contributed by atoms with Crippen LogP contribution in [0.3, 0.4) is 0 Å². The molecular formula is C17H23NO5. The summed E-state index contributed by atoms with van der Waals surface area (Å²) >= 11 is 0. The third kappa shape index (κ3) is 4.15. The number of benzene rings is 1. The van der Waals surface area contributed by atoms with Gasteiger partial charge < -0.3 is 19.1 Å². The van der Waals surface area contributed by atoms with Gasteiger partial charge in [0.15, 0.2) is 0 Å². The third-order valence-electron chi connectivity index (χ3n) is 3.93. The minimum atomic E-state index is -0.250. The van der Waals surface area contributed by atoms with Gasteiger partial charge in [0.25, 0.3) is 5.91 Å². The van der Waals surface area contributed by atoms with Crippen LogP contribution < -0.4 is 9.47 Å². The number of carbonyl (C=O) groups excluding carboxylic acids is 2. The number of likely N-dealkylation sites (tertiary alicyclic amines) is 1. The van der Waals surface area contributed by atoms with E-state index in [1.807, 2.05) is 0 Å². The van der Waals surface area contributed by atoms with Crippen LogP contribution >= 0.6 is 0 Å². The Kier molecular flexibility index (Phi) is 5.84. The molecule has 1 amide bonds. The van der Waals surface area contributed by atoms with Crippen molar-refractivity contribution in [2.45, 2.75) is 19.8 Å². The van der Waals surface area contributed by atoms with E-state index < -0.39 is 0 Å². The first kappa shape index (κ1) is 17.1. The SMILES string of the molecule is CCOC(=O)C1CCCN(C(=O)c2cc(OC)cc(OC)c2)C1. The molecule has 0 aromatic heterocycles. The van der Waals surface area contributed by atoms with Crippen molar-refractivity contribution < 1.29 is 23.8 Å². The average Bonchev–Trinajstić information content (AvgIpc) is 2.60. The van der Waals surface area contributed by atoms with Crippen LogP contribution in [0.15, 0.2) is 18.2 Å². The summed E-state index contributed by atoms with van der Waals surface area (Å²) in [5.74, 6) is 0.517. The molecule has 1 aromatic rings. The normalized spacial score (nSPS) is 17.5. The lowest BCUT2D eigenvalue weighted by Crippen LogP contribution is -2.42. The number of esters is 1. The van der Waals surface area contributed by atoms with E-state index in [0.29, 0.717) is 36.8 Å². The number of carbonyl (C=O) groups is 2. The zero-order valence-electron chi connectivity index (χ0n) is 13.8. The van der Waals surface area contributed by atoms with Gasteiger partial charge in [0.1, 0.15) is 11.5 Å². The molecule has 0 radical (unpaired) electrons. The van der Waals surface area contributed by atoms with Crippen LogP contribution in [0.2, 0.25) is 0 Å². The third-order valence-corrected chi connectivity index (χ3v) is 3.93. The van der Waals surface area contributed by atoms with Gasteiger partial charge in [-0.05, 0) is 31.9 Å². The minimum absolute atomic E-state index is 0.129. The van der Waals surface area contributed by atoms with Crippen molar-refractivity contribution in [3.63, 3.8) is 0 Å². The van der Waals surface area contributed by atoms with Crippen LogP contribution in [-0.4, -0.2) is 50.7 Å². The highest BCUT2D eigenvalue weighted by Crippen LogP contribution is 2.25. The van der Waals surface area contributed by atoms with Crippen molar-refractivity contribution in [1.82, 2.24) is 4.90 Å². The van der Waals surface area contributed by atoms with Gasteiger partial charge in [-0.25, -0.2) is 0 Å². The molecule has 0 aliphatic carbocycles. The second kappa shape index (κ2) is 7.85. The fourth-order valence-electron chi connectivity index (χ4n) is 2.73. The van der Waals surface area contributed by atoms with Crippen LogP contribution in [0.1, 0.15) is 30.1 Å². The van der Waals surface area contributed by atoms with Gasteiger partial charge in [0, 0.05) is 24.7 Å². The number of amides is 1. The molecule has 1 unspecified atom stereocenters. The molecule has 1 aliphatic rings. The first-order chi connectivity index (χ1) is 11.1. The summed E-state index contributed by atoms with van der Waals surface area (Å²) in [6.07, 6.45) is 1.54. The zero-order chi connectivity index (χ0) is 16.8. The Morgan fingerprint density at radius 3 is 2.39 bits per heavy atom. The highest BCUT2D eigenvalue weighted by atomic mass is 16.5. The Bertz CT molecular complexity index is 550. The van der Waals surface area contributed by atoms with Crippen molar-refractivity contribution >= 4 is 11.9 Å².